The second kappa shape index (κ2) is 5.85. The van der Waals surface area contributed by atoms with Crippen LogP contribution in [0.15, 0.2) is 18.2 Å². The van der Waals surface area contributed by atoms with Crippen molar-refractivity contribution < 1.29 is 5.11 Å². The van der Waals surface area contributed by atoms with Crippen LogP contribution in [0.4, 0.5) is 0 Å². The standard InChI is InChI=1S/C14H19N3O/c1-2-13(17-7-5-16-6-8-17)12-9-11(10-15)3-4-14(12)18/h3-4,9,13,16,18H,2,5-8H2,1H3/t13-/m0/s1. The van der Waals surface area contributed by atoms with Crippen LogP contribution in [0.25, 0.3) is 0 Å². The fourth-order valence-electron chi connectivity index (χ4n) is 2.56. The first-order valence-electron chi connectivity index (χ1n) is 6.44. The molecular weight excluding hydrogens is 226 g/mol. The van der Waals surface area contributed by atoms with Gasteiger partial charge >= 0.3 is 0 Å². The number of phenolic OH excluding ortho intramolecular Hbond substituents is 1. The molecule has 1 aromatic carbocycles. The monoisotopic (exact) mass is 245 g/mol. The first-order chi connectivity index (χ1) is 8.76. The lowest BCUT2D eigenvalue weighted by Gasteiger charge is -2.35. The third-order valence-electron chi connectivity index (χ3n) is 3.49. The van der Waals surface area contributed by atoms with Gasteiger partial charge in [-0.05, 0) is 24.6 Å². The summed E-state index contributed by atoms with van der Waals surface area (Å²) in [5.74, 6) is 0.291. The summed E-state index contributed by atoms with van der Waals surface area (Å²) in [6, 6.07) is 7.42. The van der Waals surface area contributed by atoms with Crippen molar-refractivity contribution in [3.05, 3.63) is 29.3 Å². The van der Waals surface area contributed by atoms with Gasteiger partial charge in [0, 0.05) is 37.8 Å². The highest BCUT2D eigenvalue weighted by Crippen LogP contribution is 2.31. The lowest BCUT2D eigenvalue weighted by Crippen LogP contribution is -2.45. The minimum Gasteiger partial charge on any atom is -0.508 e. The Labute approximate surface area is 108 Å². The van der Waals surface area contributed by atoms with Crippen molar-refractivity contribution in [2.24, 2.45) is 0 Å². The van der Waals surface area contributed by atoms with E-state index in [-0.39, 0.29) is 6.04 Å². The number of hydrogen-bond donors (Lipinski definition) is 2. The molecule has 4 nitrogen and oxygen atoms in total. The van der Waals surface area contributed by atoms with E-state index < -0.39 is 0 Å². The van der Waals surface area contributed by atoms with Gasteiger partial charge in [-0.15, -0.1) is 0 Å². The van der Waals surface area contributed by atoms with Crippen molar-refractivity contribution in [3.63, 3.8) is 0 Å². The third kappa shape index (κ3) is 2.63. The van der Waals surface area contributed by atoms with Gasteiger partial charge in [0.15, 0.2) is 0 Å². The molecule has 1 atom stereocenters. The van der Waals surface area contributed by atoms with Gasteiger partial charge in [-0.25, -0.2) is 0 Å². The molecule has 2 rings (SSSR count). The lowest BCUT2D eigenvalue weighted by atomic mass is 9.99. The van der Waals surface area contributed by atoms with Crippen molar-refractivity contribution >= 4 is 0 Å². The highest BCUT2D eigenvalue weighted by atomic mass is 16.3. The van der Waals surface area contributed by atoms with E-state index in [1.165, 1.54) is 0 Å². The fraction of sp³-hybridized carbons (Fsp3) is 0.500. The highest BCUT2D eigenvalue weighted by molar-refractivity contribution is 5.43. The van der Waals surface area contributed by atoms with Gasteiger partial charge < -0.3 is 10.4 Å². The molecular formula is C14H19N3O. The van der Waals surface area contributed by atoms with Crippen LogP contribution in [0.5, 0.6) is 5.75 Å². The number of nitrogens with one attached hydrogen (secondary N) is 1. The summed E-state index contributed by atoms with van der Waals surface area (Å²) in [5.41, 5.74) is 1.48. The van der Waals surface area contributed by atoms with Crippen LogP contribution in [-0.4, -0.2) is 36.2 Å². The Morgan fingerprint density at radius 3 is 2.78 bits per heavy atom. The number of piperazine rings is 1. The Morgan fingerprint density at radius 2 is 2.17 bits per heavy atom. The lowest BCUT2D eigenvalue weighted by molar-refractivity contribution is 0.167. The Balaban J connectivity index is 2.28. The number of hydrogen-bond acceptors (Lipinski definition) is 4. The first kappa shape index (κ1) is 12.9. The molecule has 1 fully saturated rings. The number of aromatic hydroxyl groups is 1. The quantitative estimate of drug-likeness (QED) is 0.849. The highest BCUT2D eigenvalue weighted by Gasteiger charge is 2.23. The fourth-order valence-corrected chi connectivity index (χ4v) is 2.56. The summed E-state index contributed by atoms with van der Waals surface area (Å²) in [6.45, 7) is 6.04. The maximum atomic E-state index is 10.0. The minimum atomic E-state index is 0.195. The summed E-state index contributed by atoms with van der Waals surface area (Å²) in [4.78, 5) is 2.37. The molecule has 0 bridgehead atoms. The molecule has 1 aromatic rings. The zero-order chi connectivity index (χ0) is 13.0. The first-order valence-corrected chi connectivity index (χ1v) is 6.44. The summed E-state index contributed by atoms with van der Waals surface area (Å²) in [6.07, 6.45) is 0.933. The molecule has 0 saturated carbocycles. The zero-order valence-corrected chi connectivity index (χ0v) is 10.7. The number of phenols is 1. The van der Waals surface area contributed by atoms with Crippen LogP contribution in [0.3, 0.4) is 0 Å². The van der Waals surface area contributed by atoms with Crippen molar-refractivity contribution in [2.75, 3.05) is 26.2 Å². The number of nitriles is 1. The molecule has 0 spiro atoms. The van der Waals surface area contributed by atoms with E-state index in [1.807, 2.05) is 6.07 Å². The van der Waals surface area contributed by atoms with Crippen LogP contribution in [0, 0.1) is 11.3 Å². The predicted octanol–water partition coefficient (Wildman–Crippen LogP) is 1.62. The zero-order valence-electron chi connectivity index (χ0n) is 10.7. The van der Waals surface area contributed by atoms with Gasteiger partial charge in [-0.2, -0.15) is 5.26 Å². The number of rotatable bonds is 3. The van der Waals surface area contributed by atoms with E-state index in [1.54, 1.807) is 12.1 Å². The molecule has 1 heterocycles. The largest absolute Gasteiger partial charge is 0.508 e. The molecule has 96 valence electrons. The maximum absolute atomic E-state index is 10.0. The minimum absolute atomic E-state index is 0.195. The van der Waals surface area contributed by atoms with Gasteiger partial charge in [0.25, 0.3) is 0 Å². The molecule has 0 unspecified atom stereocenters. The second-order valence-corrected chi connectivity index (χ2v) is 4.60. The molecule has 1 aliphatic rings. The molecule has 1 saturated heterocycles. The molecule has 0 amide bonds. The van der Waals surface area contributed by atoms with E-state index in [0.29, 0.717) is 11.3 Å². The SMILES string of the molecule is CC[C@@H](c1cc(C#N)ccc1O)N1CCNCC1. The van der Waals surface area contributed by atoms with Crippen molar-refractivity contribution in [2.45, 2.75) is 19.4 Å². The van der Waals surface area contributed by atoms with Crippen LogP contribution < -0.4 is 5.32 Å². The van der Waals surface area contributed by atoms with E-state index in [9.17, 15) is 5.11 Å². The van der Waals surface area contributed by atoms with Gasteiger partial charge in [-0.1, -0.05) is 6.92 Å². The maximum Gasteiger partial charge on any atom is 0.120 e. The summed E-state index contributed by atoms with van der Waals surface area (Å²) in [5, 5.41) is 22.3. The van der Waals surface area contributed by atoms with Gasteiger partial charge in [0.1, 0.15) is 5.75 Å². The van der Waals surface area contributed by atoms with E-state index >= 15 is 0 Å². The Hall–Kier alpha value is -1.57. The van der Waals surface area contributed by atoms with Crippen LogP contribution in [0.2, 0.25) is 0 Å². The van der Waals surface area contributed by atoms with Crippen molar-refractivity contribution in [3.8, 4) is 11.8 Å². The third-order valence-corrected chi connectivity index (χ3v) is 3.49. The van der Waals surface area contributed by atoms with Crippen molar-refractivity contribution in [1.29, 1.82) is 5.26 Å². The number of benzene rings is 1. The second-order valence-electron chi connectivity index (χ2n) is 4.60. The molecule has 0 radical (unpaired) electrons. The smallest absolute Gasteiger partial charge is 0.120 e. The Morgan fingerprint density at radius 1 is 1.44 bits per heavy atom. The van der Waals surface area contributed by atoms with Crippen LogP contribution >= 0.6 is 0 Å². The number of nitrogens with zero attached hydrogens (tertiary/aromatic N) is 2. The van der Waals surface area contributed by atoms with Crippen molar-refractivity contribution in [1.82, 2.24) is 10.2 Å². The van der Waals surface area contributed by atoms with E-state index in [2.05, 4.69) is 23.2 Å². The normalized spacial score (nSPS) is 18.2. The molecule has 2 N–H and O–H groups in total. The molecule has 0 aliphatic carbocycles. The Bertz CT molecular complexity index is 447. The van der Waals surface area contributed by atoms with Crippen LogP contribution in [-0.2, 0) is 0 Å². The van der Waals surface area contributed by atoms with Crippen LogP contribution in [0.1, 0.15) is 30.5 Å². The molecule has 1 aliphatic heterocycles. The summed E-state index contributed by atoms with van der Waals surface area (Å²) >= 11 is 0. The van der Waals surface area contributed by atoms with E-state index in [4.69, 9.17) is 5.26 Å². The molecule has 0 aromatic heterocycles. The summed E-state index contributed by atoms with van der Waals surface area (Å²) in [7, 11) is 0. The summed E-state index contributed by atoms with van der Waals surface area (Å²) < 4.78 is 0. The topological polar surface area (TPSA) is 59.3 Å². The average Bonchev–Trinajstić information content (AvgIpc) is 2.43. The average molecular weight is 245 g/mol. The molecule has 18 heavy (non-hydrogen) atoms. The van der Waals surface area contributed by atoms with Gasteiger partial charge in [0.2, 0.25) is 0 Å². The Kier molecular flexibility index (Phi) is 4.19. The van der Waals surface area contributed by atoms with Gasteiger partial charge in [-0.3, -0.25) is 4.90 Å². The molecule has 4 heteroatoms. The van der Waals surface area contributed by atoms with E-state index in [0.717, 1.165) is 38.2 Å². The van der Waals surface area contributed by atoms with Gasteiger partial charge in [0.05, 0.1) is 11.6 Å². The predicted molar refractivity (Wildman–Crippen MR) is 70.3 cm³/mol.